The SMILES string of the molecule is CC(C)(C)NCc1ncoc1C1CCC(F)(F)CC1. The number of oxazole rings is 1. The number of hydrogen-bond donors (Lipinski definition) is 1. The molecule has 0 unspecified atom stereocenters. The summed E-state index contributed by atoms with van der Waals surface area (Å²) in [4.78, 5) is 4.21. The minimum absolute atomic E-state index is 0.00415. The van der Waals surface area contributed by atoms with Crippen molar-refractivity contribution >= 4 is 0 Å². The van der Waals surface area contributed by atoms with E-state index >= 15 is 0 Å². The molecule has 1 N–H and O–H groups in total. The van der Waals surface area contributed by atoms with Gasteiger partial charge in [0, 0.05) is 30.8 Å². The number of rotatable bonds is 3. The molecular weight excluding hydrogens is 250 g/mol. The topological polar surface area (TPSA) is 38.1 Å². The highest BCUT2D eigenvalue weighted by Gasteiger charge is 2.37. The zero-order valence-corrected chi connectivity index (χ0v) is 11.8. The Hall–Kier alpha value is -0.970. The smallest absolute Gasteiger partial charge is 0.248 e. The zero-order valence-electron chi connectivity index (χ0n) is 11.8. The van der Waals surface area contributed by atoms with Crippen LogP contribution in [0.4, 0.5) is 8.78 Å². The molecule has 0 aromatic carbocycles. The molecule has 108 valence electrons. The van der Waals surface area contributed by atoms with E-state index in [1.54, 1.807) is 0 Å². The minimum Gasteiger partial charge on any atom is -0.448 e. The lowest BCUT2D eigenvalue weighted by atomic mass is 9.84. The first-order valence-electron chi connectivity index (χ1n) is 6.82. The van der Waals surface area contributed by atoms with E-state index in [0.717, 1.165) is 11.5 Å². The molecule has 1 saturated carbocycles. The highest BCUT2D eigenvalue weighted by Crippen LogP contribution is 2.41. The molecule has 0 radical (unpaired) electrons. The first-order valence-corrected chi connectivity index (χ1v) is 6.82. The summed E-state index contributed by atoms with van der Waals surface area (Å²) in [6.45, 7) is 6.85. The lowest BCUT2D eigenvalue weighted by Crippen LogP contribution is -2.35. The molecule has 0 spiro atoms. The quantitative estimate of drug-likeness (QED) is 0.908. The third kappa shape index (κ3) is 4.00. The fraction of sp³-hybridized carbons (Fsp3) is 0.786. The van der Waals surface area contributed by atoms with E-state index in [0.29, 0.717) is 19.4 Å². The summed E-state index contributed by atoms with van der Waals surface area (Å²) in [6.07, 6.45) is 2.27. The lowest BCUT2D eigenvalue weighted by Gasteiger charge is -2.27. The number of halogens is 2. The van der Waals surface area contributed by atoms with Crippen molar-refractivity contribution < 1.29 is 13.2 Å². The van der Waals surface area contributed by atoms with Crippen LogP contribution in [-0.4, -0.2) is 16.4 Å². The van der Waals surface area contributed by atoms with Gasteiger partial charge in [-0.05, 0) is 33.6 Å². The van der Waals surface area contributed by atoms with E-state index in [-0.39, 0.29) is 24.3 Å². The van der Waals surface area contributed by atoms with Crippen molar-refractivity contribution in [2.45, 2.75) is 70.4 Å². The Balaban J connectivity index is 2.00. The second-order valence-corrected chi connectivity index (χ2v) is 6.40. The van der Waals surface area contributed by atoms with Gasteiger partial charge in [-0.2, -0.15) is 0 Å². The maximum absolute atomic E-state index is 13.2. The second-order valence-electron chi connectivity index (χ2n) is 6.40. The van der Waals surface area contributed by atoms with Crippen molar-refractivity contribution in [1.29, 1.82) is 0 Å². The summed E-state index contributed by atoms with van der Waals surface area (Å²) in [5, 5.41) is 3.35. The molecule has 2 rings (SSSR count). The van der Waals surface area contributed by atoms with Gasteiger partial charge in [0.15, 0.2) is 6.39 Å². The van der Waals surface area contributed by atoms with Crippen molar-refractivity contribution in [3.05, 3.63) is 17.8 Å². The highest BCUT2D eigenvalue weighted by atomic mass is 19.3. The van der Waals surface area contributed by atoms with Crippen LogP contribution in [0.15, 0.2) is 10.8 Å². The van der Waals surface area contributed by atoms with Crippen molar-refractivity contribution in [3.63, 3.8) is 0 Å². The fourth-order valence-corrected chi connectivity index (χ4v) is 2.39. The molecule has 1 aromatic rings. The molecule has 0 bridgehead atoms. The van der Waals surface area contributed by atoms with Crippen LogP contribution >= 0.6 is 0 Å². The van der Waals surface area contributed by atoms with Crippen LogP contribution < -0.4 is 5.32 Å². The highest BCUT2D eigenvalue weighted by molar-refractivity contribution is 5.14. The van der Waals surface area contributed by atoms with Crippen LogP contribution in [0.1, 0.15) is 63.8 Å². The van der Waals surface area contributed by atoms with E-state index in [4.69, 9.17) is 4.42 Å². The third-order valence-corrected chi connectivity index (χ3v) is 3.55. The van der Waals surface area contributed by atoms with Gasteiger partial charge in [-0.25, -0.2) is 13.8 Å². The monoisotopic (exact) mass is 272 g/mol. The molecule has 3 nitrogen and oxygen atoms in total. The molecule has 0 saturated heterocycles. The summed E-state index contributed by atoms with van der Waals surface area (Å²) < 4.78 is 31.8. The fourth-order valence-electron chi connectivity index (χ4n) is 2.39. The van der Waals surface area contributed by atoms with Gasteiger partial charge in [-0.3, -0.25) is 0 Å². The molecule has 5 heteroatoms. The molecule has 1 fully saturated rings. The van der Waals surface area contributed by atoms with E-state index < -0.39 is 5.92 Å². The van der Waals surface area contributed by atoms with Crippen LogP contribution in [0.5, 0.6) is 0 Å². The number of nitrogens with zero attached hydrogens (tertiary/aromatic N) is 1. The third-order valence-electron chi connectivity index (χ3n) is 3.55. The Kier molecular flexibility index (Phi) is 3.95. The maximum atomic E-state index is 13.2. The van der Waals surface area contributed by atoms with Gasteiger partial charge < -0.3 is 9.73 Å². The van der Waals surface area contributed by atoms with E-state index in [9.17, 15) is 8.78 Å². The zero-order chi connectivity index (χ0) is 14.1. The predicted molar refractivity (Wildman–Crippen MR) is 69.3 cm³/mol. The predicted octanol–water partition coefficient (Wildman–Crippen LogP) is 3.86. The Morgan fingerprint density at radius 3 is 2.58 bits per heavy atom. The molecule has 1 heterocycles. The largest absolute Gasteiger partial charge is 0.448 e. The average Bonchev–Trinajstić information content (AvgIpc) is 2.73. The van der Waals surface area contributed by atoms with Crippen molar-refractivity contribution in [3.8, 4) is 0 Å². The Morgan fingerprint density at radius 2 is 2.00 bits per heavy atom. The van der Waals surface area contributed by atoms with Gasteiger partial charge in [0.2, 0.25) is 5.92 Å². The molecular formula is C14H22F2N2O. The van der Waals surface area contributed by atoms with Crippen molar-refractivity contribution in [1.82, 2.24) is 10.3 Å². The number of nitrogens with one attached hydrogen (secondary N) is 1. The molecule has 1 aliphatic rings. The van der Waals surface area contributed by atoms with Gasteiger partial charge in [0.1, 0.15) is 5.76 Å². The average molecular weight is 272 g/mol. The van der Waals surface area contributed by atoms with Crippen molar-refractivity contribution in [2.24, 2.45) is 0 Å². The van der Waals surface area contributed by atoms with Gasteiger partial charge in [-0.1, -0.05) is 0 Å². The molecule has 1 aliphatic carbocycles. The van der Waals surface area contributed by atoms with Crippen molar-refractivity contribution in [2.75, 3.05) is 0 Å². The summed E-state index contributed by atoms with van der Waals surface area (Å²) in [5.74, 6) is -1.63. The van der Waals surface area contributed by atoms with Crippen LogP contribution in [0, 0.1) is 0 Å². The Labute approximate surface area is 112 Å². The maximum Gasteiger partial charge on any atom is 0.248 e. The molecule has 0 aliphatic heterocycles. The van der Waals surface area contributed by atoms with Crippen LogP contribution in [0.3, 0.4) is 0 Å². The molecule has 0 atom stereocenters. The summed E-state index contributed by atoms with van der Waals surface area (Å²) in [6, 6.07) is 0. The molecule has 0 amide bonds. The van der Waals surface area contributed by atoms with Gasteiger partial charge in [0.25, 0.3) is 0 Å². The number of aromatic nitrogens is 1. The van der Waals surface area contributed by atoms with Gasteiger partial charge in [0.05, 0.1) is 5.69 Å². The van der Waals surface area contributed by atoms with Gasteiger partial charge >= 0.3 is 0 Å². The molecule has 1 aromatic heterocycles. The van der Waals surface area contributed by atoms with Crippen LogP contribution in [-0.2, 0) is 6.54 Å². The minimum atomic E-state index is -2.50. The summed E-state index contributed by atoms with van der Waals surface area (Å²) in [5.41, 5.74) is 0.848. The van der Waals surface area contributed by atoms with E-state index in [2.05, 4.69) is 31.1 Å². The first-order chi connectivity index (χ1) is 8.77. The standard InChI is InChI=1S/C14H22F2N2O/c1-13(2,3)18-8-11-12(19-9-17-11)10-4-6-14(15,16)7-5-10/h9-10,18H,4-8H2,1-3H3. The molecule has 19 heavy (non-hydrogen) atoms. The first kappa shape index (κ1) is 14.4. The normalized spacial score (nSPS) is 20.7. The number of hydrogen-bond acceptors (Lipinski definition) is 3. The van der Waals surface area contributed by atoms with Crippen LogP contribution in [0.2, 0.25) is 0 Å². The summed E-state index contributed by atoms with van der Waals surface area (Å²) >= 11 is 0. The lowest BCUT2D eigenvalue weighted by molar-refractivity contribution is -0.0396. The Morgan fingerprint density at radius 1 is 1.37 bits per heavy atom. The number of alkyl halides is 2. The van der Waals surface area contributed by atoms with Crippen LogP contribution in [0.25, 0.3) is 0 Å². The van der Waals surface area contributed by atoms with Gasteiger partial charge in [-0.15, -0.1) is 0 Å². The Bertz CT molecular complexity index is 413. The second kappa shape index (κ2) is 5.19. The summed E-state index contributed by atoms with van der Waals surface area (Å²) in [7, 11) is 0. The van der Waals surface area contributed by atoms with E-state index in [1.165, 1.54) is 6.39 Å². The van der Waals surface area contributed by atoms with E-state index in [1.807, 2.05) is 0 Å².